The molecular formula is C16H21N5O2S. The predicted molar refractivity (Wildman–Crippen MR) is 88.7 cm³/mol. The molecule has 8 heteroatoms. The highest BCUT2D eigenvalue weighted by Gasteiger charge is 2.32. The summed E-state index contributed by atoms with van der Waals surface area (Å²) in [5, 5.41) is 10.0. The number of hydrogen-bond acceptors (Lipinski definition) is 7. The molecule has 0 aromatic carbocycles. The van der Waals surface area contributed by atoms with Gasteiger partial charge in [0.25, 0.3) is 11.7 Å². The maximum absolute atomic E-state index is 12.0. The summed E-state index contributed by atoms with van der Waals surface area (Å²) in [7, 11) is 0. The first-order valence-corrected chi connectivity index (χ1v) is 9.42. The van der Waals surface area contributed by atoms with E-state index in [4.69, 9.17) is 4.52 Å². The highest BCUT2D eigenvalue weighted by atomic mass is 32.1. The zero-order valence-corrected chi connectivity index (χ0v) is 14.5. The first kappa shape index (κ1) is 15.7. The molecule has 2 aliphatic rings. The van der Waals surface area contributed by atoms with Gasteiger partial charge in [0, 0.05) is 18.0 Å². The summed E-state index contributed by atoms with van der Waals surface area (Å²) < 4.78 is 5.38. The molecule has 1 atom stereocenters. The van der Waals surface area contributed by atoms with Crippen LogP contribution in [0.4, 0.5) is 0 Å². The highest BCUT2D eigenvalue weighted by molar-refractivity contribution is 7.09. The summed E-state index contributed by atoms with van der Waals surface area (Å²) in [4.78, 5) is 23.3. The Morgan fingerprint density at radius 3 is 3.04 bits per heavy atom. The van der Waals surface area contributed by atoms with Crippen molar-refractivity contribution in [1.82, 2.24) is 25.3 Å². The van der Waals surface area contributed by atoms with Crippen LogP contribution in [0, 0.1) is 0 Å². The van der Waals surface area contributed by atoms with Crippen LogP contribution in [0.15, 0.2) is 9.90 Å². The van der Waals surface area contributed by atoms with Crippen molar-refractivity contribution in [2.75, 3.05) is 6.54 Å². The van der Waals surface area contributed by atoms with E-state index in [2.05, 4.69) is 37.6 Å². The first-order valence-electron chi connectivity index (χ1n) is 8.54. The van der Waals surface area contributed by atoms with Crippen molar-refractivity contribution in [3.63, 3.8) is 0 Å². The van der Waals surface area contributed by atoms with Gasteiger partial charge >= 0.3 is 0 Å². The number of nitrogens with one attached hydrogen (secondary N) is 1. The maximum Gasteiger partial charge on any atom is 0.292 e. The number of nitrogens with zero attached hydrogens (tertiary/aromatic N) is 4. The lowest BCUT2D eigenvalue weighted by Crippen LogP contribution is -2.27. The maximum atomic E-state index is 12.0. The van der Waals surface area contributed by atoms with Crippen LogP contribution in [0.5, 0.6) is 0 Å². The first-order chi connectivity index (χ1) is 11.7. The van der Waals surface area contributed by atoms with E-state index in [1.165, 1.54) is 0 Å². The van der Waals surface area contributed by atoms with Crippen LogP contribution in [0.2, 0.25) is 0 Å². The summed E-state index contributed by atoms with van der Waals surface area (Å²) >= 11 is 1.71. The summed E-state index contributed by atoms with van der Waals surface area (Å²) in [6.07, 6.45) is 5.11. The molecule has 0 spiro atoms. The fourth-order valence-corrected chi connectivity index (χ4v) is 3.76. The fraction of sp³-hybridized carbons (Fsp3) is 0.625. The van der Waals surface area contributed by atoms with Crippen LogP contribution in [0.25, 0.3) is 0 Å². The third kappa shape index (κ3) is 3.34. The summed E-state index contributed by atoms with van der Waals surface area (Å²) in [5.74, 6) is 0.453. The van der Waals surface area contributed by atoms with E-state index < -0.39 is 0 Å². The van der Waals surface area contributed by atoms with Crippen LogP contribution in [0.1, 0.15) is 65.9 Å². The fourth-order valence-electron chi connectivity index (χ4n) is 3.03. The quantitative estimate of drug-likeness (QED) is 0.863. The molecule has 1 unspecified atom stereocenters. The van der Waals surface area contributed by atoms with Crippen molar-refractivity contribution in [3.05, 3.63) is 27.8 Å². The van der Waals surface area contributed by atoms with Gasteiger partial charge in [0.15, 0.2) is 0 Å². The molecule has 1 saturated carbocycles. The summed E-state index contributed by atoms with van der Waals surface area (Å²) in [6, 6.07) is 0.367. The van der Waals surface area contributed by atoms with Gasteiger partial charge in [-0.15, -0.1) is 11.3 Å². The van der Waals surface area contributed by atoms with Crippen LogP contribution in [-0.4, -0.2) is 38.5 Å². The molecular weight excluding hydrogens is 326 g/mol. The van der Waals surface area contributed by atoms with Gasteiger partial charge in [-0.05, 0) is 38.6 Å². The lowest BCUT2D eigenvalue weighted by molar-refractivity contribution is 0.0937. The van der Waals surface area contributed by atoms with Gasteiger partial charge in [0.1, 0.15) is 0 Å². The molecule has 7 nitrogen and oxygen atoms in total. The van der Waals surface area contributed by atoms with E-state index in [1.54, 1.807) is 11.3 Å². The molecule has 2 fully saturated rings. The monoisotopic (exact) mass is 347 g/mol. The van der Waals surface area contributed by atoms with Gasteiger partial charge in [0.2, 0.25) is 5.89 Å². The van der Waals surface area contributed by atoms with E-state index >= 15 is 0 Å². The van der Waals surface area contributed by atoms with Crippen molar-refractivity contribution >= 4 is 17.2 Å². The van der Waals surface area contributed by atoms with E-state index in [-0.39, 0.29) is 17.8 Å². The Bertz CT molecular complexity index is 724. The summed E-state index contributed by atoms with van der Waals surface area (Å²) in [6.45, 7) is 3.89. The minimum Gasteiger partial charge on any atom is -0.346 e. The average molecular weight is 347 g/mol. The molecule has 2 aromatic heterocycles. The number of rotatable bonds is 6. The van der Waals surface area contributed by atoms with E-state index in [0.717, 1.165) is 55.9 Å². The predicted octanol–water partition coefficient (Wildman–Crippen LogP) is 2.32. The molecule has 24 heavy (non-hydrogen) atoms. The van der Waals surface area contributed by atoms with E-state index in [0.29, 0.717) is 11.9 Å². The molecule has 1 saturated heterocycles. The average Bonchev–Trinajstić information content (AvgIpc) is 3.01. The van der Waals surface area contributed by atoms with Gasteiger partial charge in [-0.3, -0.25) is 9.69 Å². The van der Waals surface area contributed by atoms with Crippen molar-refractivity contribution in [2.45, 2.75) is 57.7 Å². The van der Waals surface area contributed by atoms with Gasteiger partial charge in [-0.1, -0.05) is 12.1 Å². The third-order valence-corrected chi connectivity index (χ3v) is 5.51. The number of carbonyl (C=O) groups excluding carboxylic acids is 1. The smallest absolute Gasteiger partial charge is 0.292 e. The van der Waals surface area contributed by atoms with Gasteiger partial charge < -0.3 is 9.84 Å². The molecule has 1 aliphatic carbocycles. The number of amides is 1. The Morgan fingerprint density at radius 1 is 1.42 bits per heavy atom. The van der Waals surface area contributed by atoms with E-state index in [9.17, 15) is 4.79 Å². The molecule has 4 rings (SSSR count). The van der Waals surface area contributed by atoms with Gasteiger partial charge in [0.05, 0.1) is 16.7 Å². The number of hydrogen-bond donors (Lipinski definition) is 1. The number of thiazole rings is 1. The summed E-state index contributed by atoms with van der Waals surface area (Å²) in [5.41, 5.74) is 1.09. The van der Waals surface area contributed by atoms with Crippen molar-refractivity contribution < 1.29 is 9.32 Å². The van der Waals surface area contributed by atoms with Gasteiger partial charge in [-0.2, -0.15) is 4.98 Å². The zero-order valence-electron chi connectivity index (χ0n) is 13.7. The molecule has 0 radical (unpaired) electrons. The highest BCUT2D eigenvalue weighted by Crippen LogP contribution is 2.32. The van der Waals surface area contributed by atoms with Gasteiger partial charge in [-0.25, -0.2) is 4.98 Å². The molecule has 1 aliphatic heterocycles. The van der Waals surface area contributed by atoms with Crippen molar-refractivity contribution in [3.8, 4) is 0 Å². The Hall–Kier alpha value is -1.80. The minimum atomic E-state index is -0.232. The van der Waals surface area contributed by atoms with Crippen molar-refractivity contribution in [1.29, 1.82) is 0 Å². The van der Waals surface area contributed by atoms with E-state index in [1.807, 2.05) is 0 Å². The molecule has 1 amide bonds. The zero-order chi connectivity index (χ0) is 16.5. The molecule has 2 aromatic rings. The number of likely N-dealkylation sites (tertiary alicyclic amines) is 1. The lowest BCUT2D eigenvalue weighted by Gasteiger charge is -2.20. The third-order valence-electron chi connectivity index (χ3n) is 4.47. The van der Waals surface area contributed by atoms with Crippen LogP contribution in [0.3, 0.4) is 0 Å². The van der Waals surface area contributed by atoms with Crippen LogP contribution < -0.4 is 5.32 Å². The second-order valence-corrected chi connectivity index (χ2v) is 7.36. The minimum absolute atomic E-state index is 0.0757. The topological polar surface area (TPSA) is 84.2 Å². The SMILES string of the molecule is CCc1nc(CN2CCCC2c2nc(C(=O)NC3CC3)no2)cs1. The second-order valence-electron chi connectivity index (χ2n) is 6.42. The molecule has 0 bridgehead atoms. The molecule has 128 valence electrons. The van der Waals surface area contributed by atoms with Crippen LogP contribution in [-0.2, 0) is 13.0 Å². The molecule has 3 heterocycles. The van der Waals surface area contributed by atoms with Crippen molar-refractivity contribution in [2.24, 2.45) is 0 Å². The largest absolute Gasteiger partial charge is 0.346 e. The normalized spacial score (nSPS) is 21.3. The molecule has 1 N–H and O–H groups in total. The second kappa shape index (κ2) is 6.60. The Balaban J connectivity index is 1.44. The standard InChI is InChI=1S/C16H21N5O2S/c1-2-13-17-11(9-24-13)8-21-7-3-4-12(21)16-19-14(20-23-16)15(22)18-10-5-6-10/h9-10,12H,2-8H2,1H3,(H,18,22). The Labute approximate surface area is 144 Å². The number of carbonyl (C=O) groups is 1. The Morgan fingerprint density at radius 2 is 2.29 bits per heavy atom. The number of aryl methyl sites for hydroxylation is 1. The number of aromatic nitrogens is 3. The van der Waals surface area contributed by atoms with Crippen LogP contribution >= 0.6 is 11.3 Å². The Kier molecular flexibility index (Phi) is 4.32. The lowest BCUT2D eigenvalue weighted by atomic mass is 10.2.